The molecule has 1 amide bonds. The van der Waals surface area contributed by atoms with E-state index in [1.165, 1.54) is 6.26 Å². The van der Waals surface area contributed by atoms with Crippen LogP contribution in [0.1, 0.15) is 36.2 Å². The molecule has 134 valence electrons. The van der Waals surface area contributed by atoms with Crippen LogP contribution in [0.15, 0.2) is 41.0 Å². The van der Waals surface area contributed by atoms with Crippen molar-refractivity contribution in [3.63, 3.8) is 0 Å². The molecule has 2 N–H and O–H groups in total. The van der Waals surface area contributed by atoms with E-state index in [2.05, 4.69) is 15.2 Å². The molecule has 6 heteroatoms. The third-order valence-electron chi connectivity index (χ3n) is 4.63. The molecule has 1 aliphatic heterocycles. The average Bonchev–Trinajstić information content (AvgIpc) is 3.31. The van der Waals surface area contributed by atoms with Crippen molar-refractivity contribution in [1.29, 1.82) is 0 Å². The van der Waals surface area contributed by atoms with Gasteiger partial charge in [0.1, 0.15) is 6.26 Å². The molecule has 0 radical (unpaired) electrons. The largest absolute Gasteiger partial charge is 0.444 e. The normalized spacial score (nSPS) is 17.7. The smallest absolute Gasteiger partial charge is 0.273 e. The van der Waals surface area contributed by atoms with Gasteiger partial charge in [-0.2, -0.15) is 0 Å². The lowest BCUT2D eigenvalue weighted by Gasteiger charge is -2.22. The average molecular weight is 343 g/mol. The van der Waals surface area contributed by atoms with Crippen LogP contribution >= 0.6 is 0 Å². The molecule has 1 fully saturated rings. The van der Waals surface area contributed by atoms with Gasteiger partial charge in [0, 0.05) is 18.2 Å². The summed E-state index contributed by atoms with van der Waals surface area (Å²) in [5, 5.41) is 12.2. The van der Waals surface area contributed by atoms with E-state index in [-0.39, 0.29) is 12.5 Å². The number of amides is 1. The summed E-state index contributed by atoms with van der Waals surface area (Å²) in [6.45, 7) is 2.90. The van der Waals surface area contributed by atoms with Crippen LogP contribution in [-0.2, 0) is 0 Å². The van der Waals surface area contributed by atoms with Crippen LogP contribution in [-0.4, -0.2) is 53.2 Å². The Kier molecular flexibility index (Phi) is 6.19. The topological polar surface area (TPSA) is 78.6 Å². The highest BCUT2D eigenvalue weighted by molar-refractivity contribution is 5.92. The van der Waals surface area contributed by atoms with Crippen LogP contribution in [0.5, 0.6) is 0 Å². The van der Waals surface area contributed by atoms with Gasteiger partial charge in [0.05, 0.1) is 6.61 Å². The number of rotatable bonds is 8. The van der Waals surface area contributed by atoms with Gasteiger partial charge in [-0.3, -0.25) is 9.69 Å². The summed E-state index contributed by atoms with van der Waals surface area (Å²) in [5.74, 6) is 0.246. The molecule has 1 aromatic heterocycles. The standard InChI is InChI=1S/C19H25N3O3/c23-13-16-9-6-12-22(16)11-5-4-10-20-18(24)17-14-25-19(21-17)15-7-2-1-3-8-15/h1-3,7-8,14,16,23H,4-6,9-13H2,(H,20,24). The molecule has 2 heterocycles. The van der Waals surface area contributed by atoms with E-state index in [0.29, 0.717) is 24.2 Å². The monoisotopic (exact) mass is 343 g/mol. The van der Waals surface area contributed by atoms with Crippen molar-refractivity contribution in [3.8, 4) is 11.5 Å². The van der Waals surface area contributed by atoms with Gasteiger partial charge in [-0.25, -0.2) is 4.98 Å². The summed E-state index contributed by atoms with van der Waals surface area (Å²) in [4.78, 5) is 18.7. The highest BCUT2D eigenvalue weighted by Gasteiger charge is 2.22. The third-order valence-corrected chi connectivity index (χ3v) is 4.63. The molecule has 1 saturated heterocycles. The van der Waals surface area contributed by atoms with E-state index in [1.54, 1.807) is 0 Å². The summed E-state index contributed by atoms with van der Waals surface area (Å²) in [7, 11) is 0. The number of unbranched alkanes of at least 4 members (excludes halogenated alkanes) is 1. The van der Waals surface area contributed by atoms with Gasteiger partial charge < -0.3 is 14.8 Å². The number of oxazole rings is 1. The Labute approximate surface area is 147 Å². The quantitative estimate of drug-likeness (QED) is 0.719. The van der Waals surface area contributed by atoms with E-state index in [4.69, 9.17) is 4.42 Å². The van der Waals surface area contributed by atoms with Crippen LogP contribution in [0, 0.1) is 0 Å². The lowest BCUT2D eigenvalue weighted by atomic mass is 10.2. The number of aliphatic hydroxyl groups excluding tert-OH is 1. The molecule has 1 unspecified atom stereocenters. The van der Waals surface area contributed by atoms with Crippen LogP contribution < -0.4 is 5.32 Å². The summed E-state index contributed by atoms with van der Waals surface area (Å²) >= 11 is 0. The Morgan fingerprint density at radius 2 is 2.16 bits per heavy atom. The van der Waals surface area contributed by atoms with Crippen molar-refractivity contribution >= 4 is 5.91 Å². The maximum absolute atomic E-state index is 12.1. The zero-order valence-corrected chi connectivity index (χ0v) is 14.4. The fourth-order valence-corrected chi connectivity index (χ4v) is 3.22. The van der Waals surface area contributed by atoms with Gasteiger partial charge in [-0.05, 0) is 50.9 Å². The number of hydrogen-bond acceptors (Lipinski definition) is 5. The van der Waals surface area contributed by atoms with E-state index >= 15 is 0 Å². The first-order valence-corrected chi connectivity index (χ1v) is 8.92. The molecule has 25 heavy (non-hydrogen) atoms. The second-order valence-corrected chi connectivity index (χ2v) is 6.38. The number of likely N-dealkylation sites (tertiary alicyclic amines) is 1. The van der Waals surface area contributed by atoms with Gasteiger partial charge in [0.25, 0.3) is 5.91 Å². The van der Waals surface area contributed by atoms with E-state index in [0.717, 1.165) is 44.3 Å². The van der Waals surface area contributed by atoms with Gasteiger partial charge in [0.2, 0.25) is 5.89 Å². The molecular weight excluding hydrogens is 318 g/mol. The van der Waals surface area contributed by atoms with E-state index in [1.807, 2.05) is 30.3 Å². The summed E-state index contributed by atoms with van der Waals surface area (Å²) in [6, 6.07) is 9.84. The van der Waals surface area contributed by atoms with Gasteiger partial charge in [0.15, 0.2) is 5.69 Å². The number of carbonyl (C=O) groups excluding carboxylic acids is 1. The number of nitrogens with one attached hydrogen (secondary N) is 1. The van der Waals surface area contributed by atoms with E-state index in [9.17, 15) is 9.90 Å². The van der Waals surface area contributed by atoms with Crippen LogP contribution in [0.2, 0.25) is 0 Å². The molecule has 0 bridgehead atoms. The van der Waals surface area contributed by atoms with Gasteiger partial charge >= 0.3 is 0 Å². The number of carbonyl (C=O) groups is 1. The summed E-state index contributed by atoms with van der Waals surface area (Å²) in [5.41, 5.74) is 1.16. The number of aliphatic hydroxyl groups is 1. The Morgan fingerprint density at radius 3 is 2.96 bits per heavy atom. The molecule has 1 aliphatic rings. The molecule has 1 aromatic carbocycles. The molecule has 2 aromatic rings. The van der Waals surface area contributed by atoms with E-state index < -0.39 is 0 Å². The first-order valence-electron chi connectivity index (χ1n) is 8.92. The summed E-state index contributed by atoms with van der Waals surface area (Å²) < 4.78 is 5.39. The van der Waals surface area contributed by atoms with Gasteiger partial charge in [-0.1, -0.05) is 18.2 Å². The maximum Gasteiger partial charge on any atom is 0.273 e. The first-order chi connectivity index (χ1) is 12.3. The second-order valence-electron chi connectivity index (χ2n) is 6.38. The zero-order valence-electron chi connectivity index (χ0n) is 14.4. The van der Waals surface area contributed by atoms with Crippen molar-refractivity contribution in [1.82, 2.24) is 15.2 Å². The Morgan fingerprint density at radius 1 is 1.32 bits per heavy atom. The van der Waals surface area contributed by atoms with Crippen LogP contribution in [0.25, 0.3) is 11.5 Å². The number of benzene rings is 1. The predicted octanol–water partition coefficient (Wildman–Crippen LogP) is 2.31. The molecular formula is C19H25N3O3. The fourth-order valence-electron chi connectivity index (χ4n) is 3.22. The zero-order chi connectivity index (χ0) is 17.5. The Balaban J connectivity index is 1.39. The van der Waals surface area contributed by atoms with Crippen LogP contribution in [0.4, 0.5) is 0 Å². The van der Waals surface area contributed by atoms with Gasteiger partial charge in [-0.15, -0.1) is 0 Å². The maximum atomic E-state index is 12.1. The SMILES string of the molecule is O=C(NCCCCN1CCCC1CO)c1coc(-c2ccccc2)n1. The highest BCUT2D eigenvalue weighted by atomic mass is 16.3. The molecule has 6 nitrogen and oxygen atoms in total. The Hall–Kier alpha value is -2.18. The summed E-state index contributed by atoms with van der Waals surface area (Å²) in [6.07, 6.45) is 5.56. The molecule has 3 rings (SSSR count). The number of hydrogen-bond donors (Lipinski definition) is 2. The molecule has 0 aliphatic carbocycles. The number of nitrogens with zero attached hydrogens (tertiary/aromatic N) is 2. The predicted molar refractivity (Wildman–Crippen MR) is 95.2 cm³/mol. The third kappa shape index (κ3) is 4.67. The van der Waals surface area contributed by atoms with Crippen molar-refractivity contribution in [2.24, 2.45) is 0 Å². The minimum atomic E-state index is -0.208. The Bertz CT molecular complexity index is 672. The molecule has 0 spiro atoms. The number of aromatic nitrogens is 1. The highest BCUT2D eigenvalue weighted by Crippen LogP contribution is 2.18. The van der Waals surface area contributed by atoms with Crippen molar-refractivity contribution in [2.45, 2.75) is 31.7 Å². The van der Waals surface area contributed by atoms with Crippen LogP contribution in [0.3, 0.4) is 0 Å². The molecule has 1 atom stereocenters. The fraction of sp³-hybridized carbons (Fsp3) is 0.474. The first kappa shape index (κ1) is 17.6. The van der Waals surface area contributed by atoms with Crippen molar-refractivity contribution < 1.29 is 14.3 Å². The minimum Gasteiger partial charge on any atom is -0.444 e. The lowest BCUT2D eigenvalue weighted by molar-refractivity contribution is 0.0947. The second kappa shape index (κ2) is 8.78. The molecule has 0 saturated carbocycles. The minimum absolute atomic E-state index is 0.208. The van der Waals surface area contributed by atoms with Crippen molar-refractivity contribution in [3.05, 3.63) is 42.3 Å². The van der Waals surface area contributed by atoms with Crippen molar-refractivity contribution in [2.75, 3.05) is 26.2 Å². The lowest BCUT2D eigenvalue weighted by Crippen LogP contribution is -2.33.